The molecule has 0 unspecified atom stereocenters. The third-order valence-corrected chi connectivity index (χ3v) is 6.01. The highest BCUT2D eigenvalue weighted by molar-refractivity contribution is 7.89. The van der Waals surface area contributed by atoms with Gasteiger partial charge in [-0.2, -0.15) is 4.31 Å². The van der Waals surface area contributed by atoms with E-state index >= 15 is 0 Å². The fraction of sp³-hybridized carbons (Fsp3) is 0.222. The Morgan fingerprint density at radius 1 is 0.960 bits per heavy atom. The Bertz CT molecular complexity index is 898. The summed E-state index contributed by atoms with van der Waals surface area (Å²) >= 11 is 0. The minimum Gasteiger partial charge on any atom is -0.478 e. The third-order valence-electron chi connectivity index (χ3n) is 4.09. The molecule has 0 saturated carbocycles. The Balaban J connectivity index is 1.76. The van der Waals surface area contributed by atoms with Gasteiger partial charge in [0.05, 0.1) is 16.1 Å². The summed E-state index contributed by atoms with van der Waals surface area (Å²) in [7, 11) is -3.50. The van der Waals surface area contributed by atoms with Crippen LogP contribution < -0.4 is 0 Å². The number of carboxylic acids is 1. The maximum atomic E-state index is 12.6. The highest BCUT2D eigenvalue weighted by Gasteiger charge is 2.27. The van der Waals surface area contributed by atoms with Crippen LogP contribution in [-0.4, -0.2) is 42.6 Å². The lowest BCUT2D eigenvalue weighted by Crippen LogP contribution is -2.38. The van der Waals surface area contributed by atoms with Crippen molar-refractivity contribution < 1.29 is 18.3 Å². The van der Waals surface area contributed by atoms with Gasteiger partial charge in [0.25, 0.3) is 0 Å². The molecule has 0 bridgehead atoms. The average Bonchev–Trinajstić information content (AvgIpc) is 2.63. The van der Waals surface area contributed by atoms with Crippen LogP contribution in [0.1, 0.15) is 23.2 Å². The zero-order chi connectivity index (χ0) is 17.9. The molecule has 1 aliphatic heterocycles. The number of nitrogens with zero attached hydrogens (tertiary/aromatic N) is 2. The zero-order valence-corrected chi connectivity index (χ0v) is 14.3. The van der Waals surface area contributed by atoms with Gasteiger partial charge in [0.1, 0.15) is 0 Å². The van der Waals surface area contributed by atoms with Gasteiger partial charge in [-0.05, 0) is 37.1 Å². The van der Waals surface area contributed by atoms with Gasteiger partial charge in [-0.15, -0.1) is 0 Å². The number of para-hydroxylation sites is 1. The maximum Gasteiger partial charge on any atom is 0.337 e. The summed E-state index contributed by atoms with van der Waals surface area (Å²) in [5.41, 5.74) is 1.37. The molecular formula is C18H18N2O4S. The van der Waals surface area contributed by atoms with Crippen molar-refractivity contribution >= 4 is 27.4 Å². The van der Waals surface area contributed by atoms with Gasteiger partial charge in [-0.1, -0.05) is 30.3 Å². The predicted molar refractivity (Wildman–Crippen MR) is 94.9 cm³/mol. The molecule has 1 saturated heterocycles. The molecule has 3 rings (SSSR count). The molecule has 0 aliphatic carbocycles. The standard InChI is InChI=1S/C18H18N2O4S/c21-18(22)16-8-4-5-9-17(16)19-14-10-12-20(13-11-14)25(23,24)15-6-2-1-3-7-15/h1-9H,10-13H2,(H,21,22). The molecule has 1 heterocycles. The second-order valence-corrected chi connectivity index (χ2v) is 7.66. The molecule has 0 amide bonds. The van der Waals surface area contributed by atoms with Gasteiger partial charge < -0.3 is 5.11 Å². The quantitative estimate of drug-likeness (QED) is 0.910. The lowest BCUT2D eigenvalue weighted by molar-refractivity contribution is 0.0698. The zero-order valence-electron chi connectivity index (χ0n) is 13.5. The number of carboxylic acid groups (broad SMARTS) is 1. The summed E-state index contributed by atoms with van der Waals surface area (Å²) < 4.78 is 26.7. The lowest BCUT2D eigenvalue weighted by Gasteiger charge is -2.27. The summed E-state index contributed by atoms with van der Waals surface area (Å²) in [6.45, 7) is 0.677. The van der Waals surface area contributed by atoms with E-state index in [2.05, 4.69) is 4.99 Å². The molecule has 0 radical (unpaired) electrons. The molecular weight excluding hydrogens is 340 g/mol. The predicted octanol–water partition coefficient (Wildman–Crippen LogP) is 2.94. The van der Waals surface area contributed by atoms with Crippen molar-refractivity contribution in [2.45, 2.75) is 17.7 Å². The van der Waals surface area contributed by atoms with Crippen molar-refractivity contribution in [3.8, 4) is 0 Å². The van der Waals surface area contributed by atoms with E-state index in [1.54, 1.807) is 48.5 Å². The van der Waals surface area contributed by atoms with E-state index in [1.165, 1.54) is 10.4 Å². The van der Waals surface area contributed by atoms with E-state index in [1.807, 2.05) is 0 Å². The largest absolute Gasteiger partial charge is 0.478 e. The minimum atomic E-state index is -3.50. The van der Waals surface area contributed by atoms with Gasteiger partial charge in [-0.3, -0.25) is 4.99 Å². The topological polar surface area (TPSA) is 87.0 Å². The number of aliphatic imine (C=N–C) groups is 1. The summed E-state index contributed by atoms with van der Waals surface area (Å²) in [4.78, 5) is 16.0. The number of carbonyl (C=O) groups is 1. The fourth-order valence-electron chi connectivity index (χ4n) is 2.76. The SMILES string of the molecule is O=C(O)c1ccccc1N=C1CCN(S(=O)(=O)c2ccccc2)CC1. The van der Waals surface area contributed by atoms with E-state index in [9.17, 15) is 18.3 Å². The second kappa shape index (κ2) is 7.16. The number of hydrogen-bond donors (Lipinski definition) is 1. The first-order chi connectivity index (χ1) is 12.0. The molecule has 2 aromatic carbocycles. The van der Waals surface area contributed by atoms with Gasteiger partial charge in [0.15, 0.2) is 0 Å². The molecule has 25 heavy (non-hydrogen) atoms. The molecule has 0 atom stereocenters. The van der Waals surface area contributed by atoms with E-state index in [0.29, 0.717) is 31.6 Å². The fourth-order valence-corrected chi connectivity index (χ4v) is 4.22. The van der Waals surface area contributed by atoms with Crippen LogP contribution in [-0.2, 0) is 10.0 Å². The molecule has 0 spiro atoms. The lowest BCUT2D eigenvalue weighted by atomic mass is 10.1. The van der Waals surface area contributed by atoms with Crippen molar-refractivity contribution in [3.63, 3.8) is 0 Å². The number of aromatic carboxylic acids is 1. The number of hydrogen-bond acceptors (Lipinski definition) is 4. The molecule has 1 fully saturated rings. The van der Waals surface area contributed by atoms with Crippen LogP contribution in [0.5, 0.6) is 0 Å². The molecule has 0 aromatic heterocycles. The summed E-state index contributed by atoms with van der Waals surface area (Å²) in [5.74, 6) is -1.02. The van der Waals surface area contributed by atoms with Crippen molar-refractivity contribution in [1.82, 2.24) is 4.31 Å². The van der Waals surface area contributed by atoms with Crippen molar-refractivity contribution in [3.05, 3.63) is 60.2 Å². The molecule has 2 aromatic rings. The van der Waals surface area contributed by atoms with Crippen LogP contribution in [0.3, 0.4) is 0 Å². The first-order valence-corrected chi connectivity index (χ1v) is 9.36. The Hall–Kier alpha value is -2.51. The summed E-state index contributed by atoms with van der Waals surface area (Å²) in [6.07, 6.45) is 0.972. The molecule has 1 aliphatic rings. The van der Waals surface area contributed by atoms with Crippen molar-refractivity contribution in [2.24, 2.45) is 4.99 Å². The van der Waals surface area contributed by atoms with E-state index in [0.717, 1.165) is 5.71 Å². The molecule has 7 heteroatoms. The van der Waals surface area contributed by atoms with Crippen LogP contribution in [0.25, 0.3) is 0 Å². The third kappa shape index (κ3) is 3.78. The summed E-state index contributed by atoms with van der Waals surface area (Å²) in [5, 5.41) is 9.21. The van der Waals surface area contributed by atoms with Gasteiger partial charge in [-0.25, -0.2) is 13.2 Å². The number of sulfonamides is 1. The average molecular weight is 358 g/mol. The van der Waals surface area contributed by atoms with Gasteiger partial charge >= 0.3 is 5.97 Å². The number of benzene rings is 2. The van der Waals surface area contributed by atoms with Crippen molar-refractivity contribution in [2.75, 3.05) is 13.1 Å². The maximum absolute atomic E-state index is 12.6. The first-order valence-electron chi connectivity index (χ1n) is 7.92. The minimum absolute atomic E-state index is 0.148. The number of rotatable bonds is 4. The van der Waals surface area contributed by atoms with Crippen LogP contribution >= 0.6 is 0 Å². The normalized spacial score (nSPS) is 15.8. The van der Waals surface area contributed by atoms with E-state index in [-0.39, 0.29) is 10.5 Å². The van der Waals surface area contributed by atoms with E-state index in [4.69, 9.17) is 0 Å². The second-order valence-electron chi connectivity index (χ2n) is 5.72. The smallest absolute Gasteiger partial charge is 0.337 e. The Labute approximate surface area is 146 Å². The number of piperidine rings is 1. The molecule has 6 nitrogen and oxygen atoms in total. The highest BCUT2D eigenvalue weighted by Crippen LogP contribution is 2.23. The van der Waals surface area contributed by atoms with Gasteiger partial charge in [0, 0.05) is 18.8 Å². The van der Waals surface area contributed by atoms with Crippen LogP contribution in [0.15, 0.2) is 64.5 Å². The first kappa shape index (κ1) is 17.3. The Morgan fingerprint density at radius 3 is 2.20 bits per heavy atom. The van der Waals surface area contributed by atoms with Crippen LogP contribution in [0.4, 0.5) is 5.69 Å². The molecule has 130 valence electrons. The van der Waals surface area contributed by atoms with Gasteiger partial charge in [0.2, 0.25) is 10.0 Å². The van der Waals surface area contributed by atoms with E-state index < -0.39 is 16.0 Å². The molecule has 1 N–H and O–H groups in total. The monoisotopic (exact) mass is 358 g/mol. The van der Waals surface area contributed by atoms with Crippen LogP contribution in [0.2, 0.25) is 0 Å². The van der Waals surface area contributed by atoms with Crippen LogP contribution in [0, 0.1) is 0 Å². The highest BCUT2D eigenvalue weighted by atomic mass is 32.2. The van der Waals surface area contributed by atoms with Crippen molar-refractivity contribution in [1.29, 1.82) is 0 Å². The Morgan fingerprint density at radius 2 is 1.56 bits per heavy atom. The summed E-state index contributed by atoms with van der Waals surface area (Å²) in [6, 6.07) is 14.9. The Kier molecular flexibility index (Phi) is 4.96.